The van der Waals surface area contributed by atoms with Crippen LogP contribution in [0.1, 0.15) is 28.4 Å². The van der Waals surface area contributed by atoms with E-state index in [-0.39, 0.29) is 6.04 Å². The smallest absolute Gasteiger partial charge is 0.336 e. The fraction of sp³-hybridized carbons (Fsp3) is 0.364. The summed E-state index contributed by atoms with van der Waals surface area (Å²) in [6, 6.07) is 5.46. The molecule has 0 fully saturated rings. The number of hydrogen-bond acceptors (Lipinski definition) is 2. The van der Waals surface area contributed by atoms with Gasteiger partial charge in [0.15, 0.2) is 0 Å². The summed E-state index contributed by atoms with van der Waals surface area (Å²) in [7, 11) is 0. The van der Waals surface area contributed by atoms with Gasteiger partial charge in [-0.2, -0.15) is 0 Å². The van der Waals surface area contributed by atoms with Gasteiger partial charge in [-0.15, -0.1) is 0 Å². The van der Waals surface area contributed by atoms with Crippen LogP contribution < -0.4 is 5.73 Å². The van der Waals surface area contributed by atoms with Crippen LogP contribution in [0.3, 0.4) is 0 Å². The van der Waals surface area contributed by atoms with E-state index >= 15 is 0 Å². The summed E-state index contributed by atoms with van der Waals surface area (Å²) >= 11 is 0. The van der Waals surface area contributed by atoms with E-state index in [9.17, 15) is 4.79 Å². The highest BCUT2D eigenvalue weighted by Gasteiger charge is 2.13. The predicted molar refractivity (Wildman–Crippen MR) is 55.5 cm³/mol. The Labute approximate surface area is 83.6 Å². The van der Waals surface area contributed by atoms with Gasteiger partial charge < -0.3 is 10.8 Å². The van der Waals surface area contributed by atoms with Gasteiger partial charge in [-0.25, -0.2) is 4.79 Å². The van der Waals surface area contributed by atoms with Crippen molar-refractivity contribution >= 4 is 5.97 Å². The number of rotatable bonds is 3. The highest BCUT2D eigenvalue weighted by molar-refractivity contribution is 5.91. The molecule has 76 valence electrons. The number of carbonyl (C=O) groups is 1. The Morgan fingerprint density at radius 3 is 2.71 bits per heavy atom. The third kappa shape index (κ3) is 2.33. The molecule has 1 aromatic rings. The van der Waals surface area contributed by atoms with Gasteiger partial charge in [0.2, 0.25) is 0 Å². The monoisotopic (exact) mass is 193 g/mol. The van der Waals surface area contributed by atoms with Crippen LogP contribution in [-0.2, 0) is 6.42 Å². The second kappa shape index (κ2) is 4.24. The first-order valence-electron chi connectivity index (χ1n) is 4.59. The molecular weight excluding hydrogens is 178 g/mol. The van der Waals surface area contributed by atoms with E-state index < -0.39 is 5.97 Å². The molecule has 0 bridgehead atoms. The van der Waals surface area contributed by atoms with Gasteiger partial charge in [0.25, 0.3) is 0 Å². The minimum Gasteiger partial charge on any atom is -0.478 e. The van der Waals surface area contributed by atoms with Crippen LogP contribution in [0.25, 0.3) is 0 Å². The largest absolute Gasteiger partial charge is 0.478 e. The van der Waals surface area contributed by atoms with Crippen LogP contribution in [0.5, 0.6) is 0 Å². The molecule has 0 unspecified atom stereocenters. The van der Waals surface area contributed by atoms with Gasteiger partial charge >= 0.3 is 5.97 Å². The number of aryl methyl sites for hydroxylation is 1. The lowest BCUT2D eigenvalue weighted by atomic mass is 9.97. The molecule has 14 heavy (non-hydrogen) atoms. The number of carboxylic acids is 1. The zero-order valence-corrected chi connectivity index (χ0v) is 8.45. The number of aromatic carboxylic acids is 1. The van der Waals surface area contributed by atoms with Crippen molar-refractivity contribution in [3.63, 3.8) is 0 Å². The molecule has 0 saturated heterocycles. The lowest BCUT2D eigenvalue weighted by Crippen LogP contribution is -2.20. The summed E-state index contributed by atoms with van der Waals surface area (Å²) in [4.78, 5) is 11.0. The van der Waals surface area contributed by atoms with E-state index in [4.69, 9.17) is 10.8 Å². The summed E-state index contributed by atoms with van der Waals surface area (Å²) in [5.74, 6) is -0.876. The highest BCUT2D eigenvalue weighted by Crippen LogP contribution is 2.15. The average Bonchev–Trinajstić information content (AvgIpc) is 2.01. The van der Waals surface area contributed by atoms with Crippen LogP contribution in [0.2, 0.25) is 0 Å². The number of carboxylic acid groups (broad SMARTS) is 1. The predicted octanol–water partition coefficient (Wildman–Crippen LogP) is 1.58. The number of nitrogens with two attached hydrogens (primary N) is 1. The van der Waals surface area contributed by atoms with Crippen molar-refractivity contribution < 1.29 is 9.90 Å². The first-order chi connectivity index (χ1) is 6.52. The van der Waals surface area contributed by atoms with Crippen LogP contribution >= 0.6 is 0 Å². The zero-order chi connectivity index (χ0) is 10.7. The molecule has 3 nitrogen and oxygen atoms in total. The van der Waals surface area contributed by atoms with Crippen LogP contribution in [0, 0.1) is 6.92 Å². The molecular formula is C11H15NO2. The standard InChI is InChI=1S/C11H15NO2/c1-7-4-3-5-9(6-8(2)12)10(7)11(13)14/h3-5,8H,6,12H2,1-2H3,(H,13,14)/t8-/m0/s1. The molecule has 0 aliphatic carbocycles. The van der Waals surface area contributed by atoms with Gasteiger partial charge in [-0.1, -0.05) is 18.2 Å². The molecule has 3 heteroatoms. The Morgan fingerprint density at radius 2 is 2.21 bits per heavy atom. The van der Waals surface area contributed by atoms with E-state index in [1.54, 1.807) is 13.0 Å². The van der Waals surface area contributed by atoms with Crippen molar-refractivity contribution in [3.05, 3.63) is 34.9 Å². The molecule has 0 aliphatic heterocycles. The van der Waals surface area contributed by atoms with E-state index in [1.165, 1.54) is 0 Å². The Bertz CT molecular complexity index is 345. The first-order valence-corrected chi connectivity index (χ1v) is 4.59. The number of hydrogen-bond donors (Lipinski definition) is 2. The lowest BCUT2D eigenvalue weighted by Gasteiger charge is -2.10. The van der Waals surface area contributed by atoms with Gasteiger partial charge in [-0.05, 0) is 31.4 Å². The summed E-state index contributed by atoms with van der Waals surface area (Å²) < 4.78 is 0. The maximum absolute atomic E-state index is 11.0. The van der Waals surface area contributed by atoms with Crippen LogP contribution in [0.4, 0.5) is 0 Å². The Kier molecular flexibility index (Phi) is 3.25. The molecule has 0 radical (unpaired) electrons. The second-order valence-corrected chi connectivity index (χ2v) is 3.60. The average molecular weight is 193 g/mol. The Morgan fingerprint density at radius 1 is 1.57 bits per heavy atom. The van der Waals surface area contributed by atoms with Crippen molar-refractivity contribution in [1.82, 2.24) is 0 Å². The molecule has 3 N–H and O–H groups in total. The first kappa shape index (κ1) is 10.7. The fourth-order valence-electron chi connectivity index (χ4n) is 1.55. The summed E-state index contributed by atoms with van der Waals surface area (Å²) in [5.41, 5.74) is 7.64. The van der Waals surface area contributed by atoms with E-state index in [0.717, 1.165) is 11.1 Å². The van der Waals surface area contributed by atoms with E-state index in [0.29, 0.717) is 12.0 Å². The van der Waals surface area contributed by atoms with Gasteiger partial charge in [0, 0.05) is 6.04 Å². The molecule has 0 spiro atoms. The number of benzene rings is 1. The van der Waals surface area contributed by atoms with Crippen molar-refractivity contribution in [1.29, 1.82) is 0 Å². The third-order valence-electron chi connectivity index (χ3n) is 2.11. The van der Waals surface area contributed by atoms with Crippen molar-refractivity contribution in [2.75, 3.05) is 0 Å². The Hall–Kier alpha value is -1.35. The molecule has 1 rings (SSSR count). The molecule has 1 atom stereocenters. The molecule has 0 heterocycles. The van der Waals surface area contributed by atoms with E-state index in [2.05, 4.69) is 0 Å². The van der Waals surface area contributed by atoms with Crippen LogP contribution in [0.15, 0.2) is 18.2 Å². The van der Waals surface area contributed by atoms with Gasteiger partial charge in [0.05, 0.1) is 5.56 Å². The van der Waals surface area contributed by atoms with Crippen LogP contribution in [-0.4, -0.2) is 17.1 Å². The quantitative estimate of drug-likeness (QED) is 0.766. The maximum Gasteiger partial charge on any atom is 0.336 e. The maximum atomic E-state index is 11.0. The fourth-order valence-corrected chi connectivity index (χ4v) is 1.55. The summed E-state index contributed by atoms with van der Waals surface area (Å²) in [6.07, 6.45) is 0.601. The van der Waals surface area contributed by atoms with Crippen molar-refractivity contribution in [3.8, 4) is 0 Å². The molecule has 0 aliphatic rings. The minimum atomic E-state index is -0.876. The minimum absolute atomic E-state index is 0.0186. The molecule has 1 aromatic carbocycles. The topological polar surface area (TPSA) is 63.3 Å². The van der Waals surface area contributed by atoms with Gasteiger partial charge in [0.1, 0.15) is 0 Å². The normalized spacial score (nSPS) is 12.5. The SMILES string of the molecule is Cc1cccc(C[C@H](C)N)c1C(=O)O. The zero-order valence-electron chi connectivity index (χ0n) is 8.45. The molecule has 0 amide bonds. The van der Waals surface area contributed by atoms with Gasteiger partial charge in [-0.3, -0.25) is 0 Å². The van der Waals surface area contributed by atoms with E-state index in [1.807, 2.05) is 19.1 Å². The van der Waals surface area contributed by atoms with Crippen molar-refractivity contribution in [2.45, 2.75) is 26.3 Å². The third-order valence-corrected chi connectivity index (χ3v) is 2.11. The summed E-state index contributed by atoms with van der Waals surface area (Å²) in [5, 5.41) is 9.02. The van der Waals surface area contributed by atoms with Crippen molar-refractivity contribution in [2.24, 2.45) is 5.73 Å². The molecule has 0 saturated carbocycles. The highest BCUT2D eigenvalue weighted by atomic mass is 16.4. The molecule has 0 aromatic heterocycles. The lowest BCUT2D eigenvalue weighted by molar-refractivity contribution is 0.0695. The Balaban J connectivity index is 3.14. The summed E-state index contributed by atoms with van der Waals surface area (Å²) in [6.45, 7) is 3.67. The second-order valence-electron chi connectivity index (χ2n) is 3.60.